The number of aromatic nitrogens is 1. The van der Waals surface area contributed by atoms with Crippen molar-refractivity contribution in [2.24, 2.45) is 0 Å². The summed E-state index contributed by atoms with van der Waals surface area (Å²) >= 11 is 0. The fourth-order valence-electron chi connectivity index (χ4n) is 1.85. The summed E-state index contributed by atoms with van der Waals surface area (Å²) in [6.45, 7) is 4.00. The van der Waals surface area contributed by atoms with Gasteiger partial charge >= 0.3 is 6.01 Å². The lowest BCUT2D eigenvalue weighted by molar-refractivity contribution is 0.565. The maximum atomic E-state index is 5.42. The molecular formula is C17H18N2O. The fraction of sp³-hybridized carbons (Fsp3) is 0.118. The Bertz CT molecular complexity index is 552. The number of anilines is 3. The van der Waals surface area contributed by atoms with E-state index in [1.807, 2.05) is 79.4 Å². The van der Waals surface area contributed by atoms with Crippen LogP contribution in [0.4, 0.5) is 17.4 Å². The smallest absolute Gasteiger partial charge is 0.306 e. The molecule has 0 aliphatic heterocycles. The van der Waals surface area contributed by atoms with Gasteiger partial charge in [-0.1, -0.05) is 50.2 Å². The van der Waals surface area contributed by atoms with Gasteiger partial charge in [0.1, 0.15) is 6.26 Å². The van der Waals surface area contributed by atoms with Crippen molar-refractivity contribution in [3.8, 4) is 0 Å². The van der Waals surface area contributed by atoms with Crippen LogP contribution in [0.5, 0.6) is 0 Å². The van der Waals surface area contributed by atoms with E-state index < -0.39 is 0 Å². The molecule has 0 aliphatic carbocycles. The first-order valence-electron chi connectivity index (χ1n) is 6.75. The predicted octanol–water partition coefficient (Wildman–Crippen LogP) is 5.17. The Morgan fingerprint density at radius 2 is 1.30 bits per heavy atom. The molecule has 102 valence electrons. The van der Waals surface area contributed by atoms with Crippen LogP contribution < -0.4 is 4.90 Å². The zero-order chi connectivity index (χ0) is 14.2. The fourth-order valence-corrected chi connectivity index (χ4v) is 1.85. The molecule has 0 spiro atoms. The van der Waals surface area contributed by atoms with Crippen molar-refractivity contribution in [3.63, 3.8) is 0 Å². The van der Waals surface area contributed by atoms with E-state index in [1.54, 1.807) is 12.5 Å². The topological polar surface area (TPSA) is 29.3 Å². The lowest BCUT2D eigenvalue weighted by atomic mass is 10.2. The molecule has 0 N–H and O–H groups in total. The monoisotopic (exact) mass is 266 g/mol. The van der Waals surface area contributed by atoms with Crippen molar-refractivity contribution in [3.05, 3.63) is 73.1 Å². The maximum Gasteiger partial charge on any atom is 0.306 e. The van der Waals surface area contributed by atoms with Gasteiger partial charge in [0.2, 0.25) is 0 Å². The molecule has 0 saturated carbocycles. The first kappa shape index (κ1) is 13.9. The second kappa shape index (κ2) is 7.14. The molecule has 2 aromatic carbocycles. The van der Waals surface area contributed by atoms with Crippen LogP contribution in [0.15, 0.2) is 77.5 Å². The third-order valence-corrected chi connectivity index (χ3v) is 2.64. The third kappa shape index (κ3) is 3.06. The predicted molar refractivity (Wildman–Crippen MR) is 82.5 cm³/mol. The van der Waals surface area contributed by atoms with E-state index in [2.05, 4.69) is 4.98 Å². The molecule has 0 bridgehead atoms. The minimum absolute atomic E-state index is 0.562. The summed E-state index contributed by atoms with van der Waals surface area (Å²) in [4.78, 5) is 6.20. The number of oxazole rings is 1. The number of nitrogens with zero attached hydrogens (tertiary/aromatic N) is 2. The van der Waals surface area contributed by atoms with E-state index in [-0.39, 0.29) is 0 Å². The molecule has 3 rings (SSSR count). The number of rotatable bonds is 3. The first-order valence-corrected chi connectivity index (χ1v) is 6.75. The first-order chi connectivity index (χ1) is 9.95. The van der Waals surface area contributed by atoms with Crippen LogP contribution in [-0.4, -0.2) is 4.98 Å². The van der Waals surface area contributed by atoms with E-state index in [0.717, 1.165) is 11.4 Å². The molecule has 0 fully saturated rings. The Labute approximate surface area is 119 Å². The van der Waals surface area contributed by atoms with E-state index in [1.165, 1.54) is 0 Å². The van der Waals surface area contributed by atoms with Crippen LogP contribution in [0.1, 0.15) is 13.8 Å². The molecule has 0 atom stereocenters. The van der Waals surface area contributed by atoms with Crippen LogP contribution in [0, 0.1) is 0 Å². The van der Waals surface area contributed by atoms with E-state index in [9.17, 15) is 0 Å². The summed E-state index contributed by atoms with van der Waals surface area (Å²) in [5.74, 6) is 0. The molecule has 20 heavy (non-hydrogen) atoms. The largest absolute Gasteiger partial charge is 0.432 e. The van der Waals surface area contributed by atoms with E-state index in [4.69, 9.17) is 4.42 Å². The van der Waals surface area contributed by atoms with Crippen LogP contribution in [0.3, 0.4) is 0 Å². The molecular weight excluding hydrogens is 248 g/mol. The molecule has 1 aromatic heterocycles. The van der Waals surface area contributed by atoms with E-state index in [0.29, 0.717) is 6.01 Å². The average Bonchev–Trinajstić information content (AvgIpc) is 3.06. The second-order valence-corrected chi connectivity index (χ2v) is 3.82. The van der Waals surface area contributed by atoms with Crippen molar-refractivity contribution in [2.45, 2.75) is 13.8 Å². The van der Waals surface area contributed by atoms with Gasteiger partial charge in [-0.05, 0) is 24.3 Å². The molecule has 0 aliphatic rings. The van der Waals surface area contributed by atoms with Gasteiger partial charge in [-0.15, -0.1) is 0 Å². The lowest BCUT2D eigenvalue weighted by Gasteiger charge is -2.20. The standard InChI is InChI=1S/C15H12N2O.C2H6/c1-3-7-13(8-4-1)17(15-16-11-12-18-15)14-9-5-2-6-10-14;1-2/h1-12H;1-2H3. The Morgan fingerprint density at radius 1 is 0.800 bits per heavy atom. The van der Waals surface area contributed by atoms with Gasteiger partial charge in [0.25, 0.3) is 0 Å². The summed E-state index contributed by atoms with van der Waals surface area (Å²) < 4.78 is 5.42. The highest BCUT2D eigenvalue weighted by Crippen LogP contribution is 2.32. The molecule has 0 radical (unpaired) electrons. The van der Waals surface area contributed by atoms with Crippen molar-refractivity contribution in [1.29, 1.82) is 0 Å². The third-order valence-electron chi connectivity index (χ3n) is 2.64. The summed E-state index contributed by atoms with van der Waals surface area (Å²) in [7, 11) is 0. The van der Waals surface area contributed by atoms with Gasteiger partial charge in [-0.2, -0.15) is 0 Å². The van der Waals surface area contributed by atoms with Gasteiger partial charge in [-0.3, -0.25) is 4.90 Å². The minimum Gasteiger partial charge on any atom is -0.432 e. The highest BCUT2D eigenvalue weighted by molar-refractivity contribution is 5.71. The Balaban J connectivity index is 0.000000704. The summed E-state index contributed by atoms with van der Waals surface area (Å²) in [5.41, 5.74) is 2.04. The van der Waals surface area contributed by atoms with Crippen LogP contribution >= 0.6 is 0 Å². The second-order valence-electron chi connectivity index (χ2n) is 3.82. The van der Waals surface area contributed by atoms with Crippen molar-refractivity contribution < 1.29 is 4.42 Å². The van der Waals surface area contributed by atoms with Crippen LogP contribution in [0.25, 0.3) is 0 Å². The maximum absolute atomic E-state index is 5.42. The number of hydrogen-bond donors (Lipinski definition) is 0. The van der Waals surface area contributed by atoms with Crippen LogP contribution in [-0.2, 0) is 0 Å². The summed E-state index contributed by atoms with van der Waals surface area (Å²) in [6.07, 6.45) is 3.22. The average molecular weight is 266 g/mol. The molecule has 1 heterocycles. The van der Waals surface area contributed by atoms with Gasteiger partial charge in [0.05, 0.1) is 17.6 Å². The number of para-hydroxylation sites is 2. The zero-order valence-corrected chi connectivity index (χ0v) is 11.7. The van der Waals surface area contributed by atoms with E-state index >= 15 is 0 Å². The quantitative estimate of drug-likeness (QED) is 0.654. The molecule has 3 heteroatoms. The van der Waals surface area contributed by atoms with Crippen molar-refractivity contribution in [1.82, 2.24) is 4.98 Å². The normalized spacial score (nSPS) is 9.50. The molecule has 3 nitrogen and oxygen atoms in total. The van der Waals surface area contributed by atoms with Crippen molar-refractivity contribution >= 4 is 17.4 Å². The summed E-state index contributed by atoms with van der Waals surface area (Å²) in [6, 6.07) is 20.6. The van der Waals surface area contributed by atoms with Crippen molar-refractivity contribution in [2.75, 3.05) is 4.90 Å². The summed E-state index contributed by atoms with van der Waals surface area (Å²) in [5, 5.41) is 0. The Hall–Kier alpha value is -2.55. The lowest BCUT2D eigenvalue weighted by Crippen LogP contribution is -2.09. The number of hydrogen-bond acceptors (Lipinski definition) is 3. The highest BCUT2D eigenvalue weighted by atomic mass is 16.4. The molecule has 0 saturated heterocycles. The SMILES string of the molecule is CC.c1ccc(N(c2ccccc2)c2ncco2)cc1. The van der Waals surface area contributed by atoms with Gasteiger partial charge in [-0.25, -0.2) is 4.98 Å². The minimum atomic E-state index is 0.562. The van der Waals surface area contributed by atoms with Gasteiger partial charge in [0, 0.05) is 0 Å². The molecule has 0 amide bonds. The Kier molecular flexibility index (Phi) is 4.95. The van der Waals surface area contributed by atoms with Gasteiger partial charge < -0.3 is 4.42 Å². The zero-order valence-electron chi connectivity index (χ0n) is 11.7. The molecule has 3 aromatic rings. The number of benzene rings is 2. The van der Waals surface area contributed by atoms with Gasteiger partial charge in [0.15, 0.2) is 0 Å². The molecule has 0 unspecified atom stereocenters. The Morgan fingerprint density at radius 3 is 1.70 bits per heavy atom. The highest BCUT2D eigenvalue weighted by Gasteiger charge is 2.14. The van der Waals surface area contributed by atoms with Crippen LogP contribution in [0.2, 0.25) is 0 Å².